The molecule has 0 saturated carbocycles. The molecule has 2 rings (SSSR count). The fourth-order valence-electron chi connectivity index (χ4n) is 1.81. The summed E-state index contributed by atoms with van der Waals surface area (Å²) < 4.78 is 15.5. The van der Waals surface area contributed by atoms with Crippen molar-refractivity contribution in [3.8, 4) is 5.75 Å². The molecule has 0 bridgehead atoms. The SMILES string of the molecule is CCOC(=O)c1c(C)occ(OCc2ccccc2)c1=O. The van der Waals surface area contributed by atoms with Gasteiger partial charge in [0, 0.05) is 0 Å². The molecule has 1 aromatic carbocycles. The van der Waals surface area contributed by atoms with Crippen molar-refractivity contribution in [2.45, 2.75) is 20.5 Å². The average molecular weight is 288 g/mol. The van der Waals surface area contributed by atoms with Crippen LogP contribution in [0.4, 0.5) is 0 Å². The molecule has 0 aliphatic heterocycles. The van der Waals surface area contributed by atoms with E-state index in [0.29, 0.717) is 0 Å². The Hall–Kier alpha value is -2.56. The first-order valence-corrected chi connectivity index (χ1v) is 6.59. The molecule has 5 nitrogen and oxygen atoms in total. The lowest BCUT2D eigenvalue weighted by Gasteiger charge is -2.08. The summed E-state index contributed by atoms with van der Waals surface area (Å²) >= 11 is 0. The Balaban J connectivity index is 2.23. The number of rotatable bonds is 5. The van der Waals surface area contributed by atoms with Gasteiger partial charge >= 0.3 is 5.97 Å². The van der Waals surface area contributed by atoms with Gasteiger partial charge in [0.25, 0.3) is 0 Å². The first kappa shape index (κ1) is 14.8. The topological polar surface area (TPSA) is 65.7 Å². The fourth-order valence-corrected chi connectivity index (χ4v) is 1.81. The number of hydrogen-bond acceptors (Lipinski definition) is 5. The molecule has 0 spiro atoms. The lowest BCUT2D eigenvalue weighted by Crippen LogP contribution is -2.20. The standard InChI is InChI=1S/C16H16O5/c1-3-19-16(18)14-11(2)20-10-13(15(14)17)21-9-12-7-5-4-6-8-12/h4-8,10H,3,9H2,1-2H3. The molecular formula is C16H16O5. The van der Waals surface area contributed by atoms with Crippen LogP contribution in [0.2, 0.25) is 0 Å². The molecule has 21 heavy (non-hydrogen) atoms. The Morgan fingerprint density at radius 1 is 1.24 bits per heavy atom. The second-order valence-corrected chi connectivity index (χ2v) is 4.36. The van der Waals surface area contributed by atoms with Gasteiger partial charge in [-0.1, -0.05) is 30.3 Å². The van der Waals surface area contributed by atoms with Crippen LogP contribution in [0.3, 0.4) is 0 Å². The van der Waals surface area contributed by atoms with Crippen molar-refractivity contribution in [3.63, 3.8) is 0 Å². The van der Waals surface area contributed by atoms with Crippen LogP contribution in [-0.2, 0) is 11.3 Å². The van der Waals surface area contributed by atoms with Crippen LogP contribution in [0.5, 0.6) is 5.75 Å². The van der Waals surface area contributed by atoms with E-state index in [-0.39, 0.29) is 30.3 Å². The van der Waals surface area contributed by atoms with Crippen molar-refractivity contribution in [2.75, 3.05) is 6.61 Å². The highest BCUT2D eigenvalue weighted by Gasteiger charge is 2.20. The molecule has 5 heteroatoms. The van der Waals surface area contributed by atoms with E-state index >= 15 is 0 Å². The monoisotopic (exact) mass is 288 g/mol. The molecule has 0 atom stereocenters. The van der Waals surface area contributed by atoms with Crippen molar-refractivity contribution in [1.82, 2.24) is 0 Å². The van der Waals surface area contributed by atoms with Gasteiger partial charge in [0.15, 0.2) is 0 Å². The highest BCUT2D eigenvalue weighted by molar-refractivity contribution is 5.90. The van der Waals surface area contributed by atoms with Crippen LogP contribution in [0.25, 0.3) is 0 Å². The van der Waals surface area contributed by atoms with Crippen molar-refractivity contribution >= 4 is 5.97 Å². The number of esters is 1. The van der Waals surface area contributed by atoms with Crippen LogP contribution >= 0.6 is 0 Å². The van der Waals surface area contributed by atoms with Gasteiger partial charge in [0.2, 0.25) is 11.2 Å². The summed E-state index contributed by atoms with van der Waals surface area (Å²) in [6.45, 7) is 3.61. The van der Waals surface area contributed by atoms with E-state index in [4.69, 9.17) is 13.9 Å². The molecule has 0 amide bonds. The van der Waals surface area contributed by atoms with Crippen LogP contribution < -0.4 is 10.2 Å². The summed E-state index contributed by atoms with van der Waals surface area (Å²) in [6.07, 6.45) is 1.21. The number of carbonyl (C=O) groups is 1. The second-order valence-electron chi connectivity index (χ2n) is 4.36. The predicted octanol–water partition coefficient (Wildman–Crippen LogP) is 2.70. The molecule has 110 valence electrons. The largest absolute Gasteiger partial charge is 0.482 e. The minimum absolute atomic E-state index is 0.00694. The molecule has 0 saturated heterocycles. The van der Waals surface area contributed by atoms with E-state index in [9.17, 15) is 9.59 Å². The summed E-state index contributed by atoms with van der Waals surface area (Å²) in [5, 5.41) is 0. The van der Waals surface area contributed by atoms with Crippen molar-refractivity contribution in [1.29, 1.82) is 0 Å². The summed E-state index contributed by atoms with van der Waals surface area (Å²) in [4.78, 5) is 24.0. The average Bonchev–Trinajstić information content (AvgIpc) is 2.48. The Bertz CT molecular complexity index is 673. The third-order valence-corrected chi connectivity index (χ3v) is 2.86. The number of benzene rings is 1. The van der Waals surface area contributed by atoms with Crippen LogP contribution in [-0.4, -0.2) is 12.6 Å². The zero-order valence-corrected chi connectivity index (χ0v) is 11.9. The van der Waals surface area contributed by atoms with Gasteiger partial charge in [0.05, 0.1) is 6.61 Å². The van der Waals surface area contributed by atoms with Crippen LogP contribution in [0.1, 0.15) is 28.6 Å². The van der Waals surface area contributed by atoms with E-state index < -0.39 is 11.4 Å². The summed E-state index contributed by atoms with van der Waals surface area (Å²) in [5.74, 6) is -0.494. The van der Waals surface area contributed by atoms with E-state index in [1.165, 1.54) is 13.2 Å². The van der Waals surface area contributed by atoms with E-state index in [1.807, 2.05) is 30.3 Å². The lowest BCUT2D eigenvalue weighted by molar-refractivity contribution is 0.0519. The van der Waals surface area contributed by atoms with Gasteiger partial charge in [-0.3, -0.25) is 4.79 Å². The number of hydrogen-bond donors (Lipinski definition) is 0. The lowest BCUT2D eigenvalue weighted by atomic mass is 10.2. The molecule has 1 heterocycles. The minimum atomic E-state index is -0.700. The second kappa shape index (κ2) is 6.74. The van der Waals surface area contributed by atoms with Crippen molar-refractivity contribution in [2.24, 2.45) is 0 Å². The fraction of sp³-hybridized carbons (Fsp3) is 0.250. The van der Waals surface area contributed by atoms with E-state index in [1.54, 1.807) is 6.92 Å². The maximum absolute atomic E-state index is 12.2. The van der Waals surface area contributed by atoms with Gasteiger partial charge in [-0.25, -0.2) is 4.79 Å². The molecule has 0 aliphatic rings. The molecule has 2 aromatic rings. The third kappa shape index (κ3) is 3.51. The zero-order chi connectivity index (χ0) is 15.2. The smallest absolute Gasteiger partial charge is 0.345 e. The van der Waals surface area contributed by atoms with Gasteiger partial charge < -0.3 is 13.9 Å². The van der Waals surface area contributed by atoms with Crippen LogP contribution in [0, 0.1) is 6.92 Å². The molecule has 0 N–H and O–H groups in total. The van der Waals surface area contributed by atoms with Crippen molar-refractivity contribution < 1.29 is 18.7 Å². The molecule has 0 fully saturated rings. The molecule has 0 aliphatic carbocycles. The Kier molecular flexibility index (Phi) is 4.77. The van der Waals surface area contributed by atoms with Gasteiger partial charge in [0.1, 0.15) is 24.2 Å². The summed E-state index contributed by atoms with van der Waals surface area (Å²) in [6, 6.07) is 9.40. The maximum Gasteiger partial charge on any atom is 0.345 e. The van der Waals surface area contributed by atoms with E-state index in [2.05, 4.69) is 0 Å². The molecule has 1 aromatic heterocycles. The highest BCUT2D eigenvalue weighted by Crippen LogP contribution is 2.13. The third-order valence-electron chi connectivity index (χ3n) is 2.86. The number of ether oxygens (including phenoxy) is 2. The first-order valence-electron chi connectivity index (χ1n) is 6.59. The quantitative estimate of drug-likeness (QED) is 0.791. The Labute approximate surface area is 122 Å². The van der Waals surface area contributed by atoms with Gasteiger partial charge in [-0.15, -0.1) is 0 Å². The zero-order valence-electron chi connectivity index (χ0n) is 11.9. The number of aryl methyl sites for hydroxylation is 1. The molecular weight excluding hydrogens is 272 g/mol. The highest BCUT2D eigenvalue weighted by atomic mass is 16.5. The maximum atomic E-state index is 12.2. The number of carbonyl (C=O) groups excluding carboxylic acids is 1. The molecule has 0 unspecified atom stereocenters. The Morgan fingerprint density at radius 3 is 2.62 bits per heavy atom. The first-order chi connectivity index (χ1) is 10.1. The summed E-state index contributed by atoms with van der Waals surface area (Å²) in [7, 11) is 0. The van der Waals surface area contributed by atoms with Crippen molar-refractivity contribution in [3.05, 3.63) is 63.7 Å². The molecule has 0 radical (unpaired) electrons. The van der Waals surface area contributed by atoms with E-state index in [0.717, 1.165) is 5.56 Å². The summed E-state index contributed by atoms with van der Waals surface area (Å²) in [5.41, 5.74) is 0.269. The predicted molar refractivity (Wildman–Crippen MR) is 76.4 cm³/mol. The minimum Gasteiger partial charge on any atom is -0.482 e. The van der Waals surface area contributed by atoms with Gasteiger partial charge in [-0.05, 0) is 19.4 Å². The Morgan fingerprint density at radius 2 is 1.95 bits per heavy atom. The van der Waals surface area contributed by atoms with Gasteiger partial charge in [-0.2, -0.15) is 0 Å². The van der Waals surface area contributed by atoms with Crippen LogP contribution in [0.15, 0.2) is 45.8 Å². The normalized spacial score (nSPS) is 10.2.